The summed E-state index contributed by atoms with van der Waals surface area (Å²) in [5.41, 5.74) is 2.08. The molecule has 7 nitrogen and oxygen atoms in total. The number of carbonyl (C=O) groups excluding carboxylic acids is 2. The number of methoxy groups -OCH3 is 2. The van der Waals surface area contributed by atoms with Gasteiger partial charge in [0.05, 0.1) is 25.8 Å². The number of rotatable bonds is 7. The van der Waals surface area contributed by atoms with E-state index in [1.54, 1.807) is 30.3 Å². The van der Waals surface area contributed by atoms with Crippen LogP contribution in [0.15, 0.2) is 42.0 Å². The highest BCUT2D eigenvalue weighted by atomic mass is 16.5. The van der Waals surface area contributed by atoms with Crippen LogP contribution >= 0.6 is 0 Å². The number of ketones is 1. The molecule has 0 radical (unpaired) electrons. The maximum Gasteiger partial charge on any atom is 0.295 e. The van der Waals surface area contributed by atoms with E-state index in [-0.39, 0.29) is 17.4 Å². The zero-order chi connectivity index (χ0) is 23.7. The molecule has 1 saturated heterocycles. The Hall–Kier alpha value is -3.48. The van der Waals surface area contributed by atoms with E-state index in [2.05, 4.69) is 0 Å². The molecule has 0 bridgehead atoms. The Bertz CT molecular complexity index is 1120. The van der Waals surface area contributed by atoms with Crippen molar-refractivity contribution in [3.05, 3.63) is 58.7 Å². The van der Waals surface area contributed by atoms with Gasteiger partial charge in [0.2, 0.25) is 0 Å². The van der Waals surface area contributed by atoms with Crippen LogP contribution in [0, 0.1) is 0 Å². The van der Waals surface area contributed by atoms with Crippen molar-refractivity contribution in [2.45, 2.75) is 45.3 Å². The van der Waals surface area contributed by atoms with Crippen LogP contribution in [-0.4, -0.2) is 48.6 Å². The summed E-state index contributed by atoms with van der Waals surface area (Å²) in [7, 11) is 3.05. The van der Waals surface area contributed by atoms with Gasteiger partial charge in [-0.2, -0.15) is 0 Å². The molecular weight excluding hydrogens is 422 g/mol. The van der Waals surface area contributed by atoms with Crippen molar-refractivity contribution >= 4 is 17.4 Å². The molecule has 0 spiro atoms. The van der Waals surface area contributed by atoms with Gasteiger partial charge in [0, 0.05) is 24.1 Å². The SMILES string of the molecule is CCCCN1C(=O)C(=O)/C(=C(/O)c2ccc3c(c2)CC(C)O3)C1c1cccc(OC)c1OC. The molecule has 33 heavy (non-hydrogen) atoms. The third kappa shape index (κ3) is 3.92. The number of fused-ring (bicyclic) bond motifs is 1. The van der Waals surface area contributed by atoms with Crippen molar-refractivity contribution in [1.29, 1.82) is 0 Å². The Morgan fingerprint density at radius 3 is 2.67 bits per heavy atom. The molecule has 174 valence electrons. The normalized spacial score (nSPS) is 21.2. The second-order valence-corrected chi connectivity index (χ2v) is 8.38. The molecule has 4 rings (SSSR count). The van der Waals surface area contributed by atoms with Gasteiger partial charge in [-0.25, -0.2) is 0 Å². The van der Waals surface area contributed by atoms with Crippen LogP contribution in [0.5, 0.6) is 17.2 Å². The summed E-state index contributed by atoms with van der Waals surface area (Å²) < 4.78 is 16.8. The predicted octanol–water partition coefficient (Wildman–Crippen LogP) is 4.25. The third-order valence-corrected chi connectivity index (χ3v) is 6.19. The van der Waals surface area contributed by atoms with Gasteiger partial charge in [0.25, 0.3) is 11.7 Å². The number of hydrogen-bond donors (Lipinski definition) is 1. The zero-order valence-electron chi connectivity index (χ0n) is 19.4. The number of carbonyl (C=O) groups is 2. The number of benzene rings is 2. The number of aliphatic hydroxyl groups is 1. The molecule has 0 aromatic heterocycles. The van der Waals surface area contributed by atoms with E-state index in [1.807, 2.05) is 19.9 Å². The second kappa shape index (κ2) is 9.17. The summed E-state index contributed by atoms with van der Waals surface area (Å²) in [4.78, 5) is 27.8. The monoisotopic (exact) mass is 451 g/mol. The van der Waals surface area contributed by atoms with Gasteiger partial charge in [-0.15, -0.1) is 0 Å². The quantitative estimate of drug-likeness (QED) is 0.385. The summed E-state index contributed by atoms with van der Waals surface area (Å²) in [6.45, 7) is 4.39. The van der Waals surface area contributed by atoms with Gasteiger partial charge in [-0.3, -0.25) is 9.59 Å². The lowest BCUT2D eigenvalue weighted by atomic mass is 9.93. The lowest BCUT2D eigenvalue weighted by Crippen LogP contribution is -2.30. The lowest BCUT2D eigenvalue weighted by Gasteiger charge is -2.27. The first-order chi connectivity index (χ1) is 15.9. The Labute approximate surface area is 193 Å². The van der Waals surface area contributed by atoms with Gasteiger partial charge in [0.15, 0.2) is 11.5 Å². The highest BCUT2D eigenvalue weighted by molar-refractivity contribution is 6.46. The van der Waals surface area contributed by atoms with Gasteiger partial charge >= 0.3 is 0 Å². The maximum atomic E-state index is 13.2. The number of aliphatic hydroxyl groups excluding tert-OH is 1. The van der Waals surface area contributed by atoms with Crippen molar-refractivity contribution in [3.8, 4) is 17.2 Å². The molecule has 0 saturated carbocycles. The summed E-state index contributed by atoms with van der Waals surface area (Å²) >= 11 is 0. The van der Waals surface area contributed by atoms with E-state index in [4.69, 9.17) is 14.2 Å². The number of hydrogen-bond acceptors (Lipinski definition) is 6. The summed E-state index contributed by atoms with van der Waals surface area (Å²) in [6, 6.07) is 9.88. The number of nitrogens with zero attached hydrogens (tertiary/aromatic N) is 1. The molecule has 2 aliphatic rings. The van der Waals surface area contributed by atoms with Crippen molar-refractivity contribution in [3.63, 3.8) is 0 Å². The van der Waals surface area contributed by atoms with Crippen molar-refractivity contribution in [1.82, 2.24) is 4.90 Å². The number of amides is 1. The predicted molar refractivity (Wildman–Crippen MR) is 124 cm³/mol. The second-order valence-electron chi connectivity index (χ2n) is 8.38. The fourth-order valence-corrected chi connectivity index (χ4v) is 4.61. The summed E-state index contributed by atoms with van der Waals surface area (Å²) in [5.74, 6) is 0.148. The van der Waals surface area contributed by atoms with Gasteiger partial charge < -0.3 is 24.2 Å². The highest BCUT2D eigenvalue weighted by Gasteiger charge is 2.47. The number of likely N-dealkylation sites (tertiary alicyclic amines) is 1. The molecule has 2 heterocycles. The van der Waals surface area contributed by atoms with Gasteiger partial charge in [-0.1, -0.05) is 25.5 Å². The van der Waals surface area contributed by atoms with Gasteiger partial charge in [0.1, 0.15) is 17.6 Å². The lowest BCUT2D eigenvalue weighted by molar-refractivity contribution is -0.139. The average Bonchev–Trinajstić information content (AvgIpc) is 3.31. The Morgan fingerprint density at radius 2 is 1.97 bits per heavy atom. The minimum Gasteiger partial charge on any atom is -0.507 e. The number of ether oxygens (including phenoxy) is 3. The Kier molecular flexibility index (Phi) is 6.31. The molecule has 2 unspecified atom stereocenters. The van der Waals surface area contributed by atoms with E-state index in [9.17, 15) is 14.7 Å². The van der Waals surface area contributed by atoms with E-state index in [1.165, 1.54) is 19.1 Å². The standard InChI is InChI=1S/C26H29NO6/c1-5-6-12-27-22(18-8-7-9-20(31-3)25(18)32-4)21(24(29)26(27)30)23(28)16-10-11-19-17(14-16)13-15(2)33-19/h7-11,14-15,22,28H,5-6,12-13H2,1-4H3/b23-21+. The van der Waals surface area contributed by atoms with Crippen LogP contribution < -0.4 is 14.2 Å². The number of para-hydroxylation sites is 1. The van der Waals surface area contributed by atoms with Crippen LogP contribution in [0.4, 0.5) is 0 Å². The van der Waals surface area contributed by atoms with E-state index >= 15 is 0 Å². The summed E-state index contributed by atoms with van der Waals surface area (Å²) in [5, 5.41) is 11.3. The molecule has 2 atom stereocenters. The topological polar surface area (TPSA) is 85.3 Å². The molecule has 0 aliphatic carbocycles. The molecule has 1 N–H and O–H groups in total. The Balaban J connectivity index is 1.89. The minimum atomic E-state index is -0.787. The minimum absolute atomic E-state index is 0.0505. The number of unbranched alkanes of at least 4 members (excludes halogenated alkanes) is 1. The molecule has 2 aromatic carbocycles. The molecule has 1 fully saturated rings. The average molecular weight is 452 g/mol. The van der Waals surface area contributed by atoms with Crippen LogP contribution in [0.3, 0.4) is 0 Å². The highest BCUT2D eigenvalue weighted by Crippen LogP contribution is 2.46. The van der Waals surface area contributed by atoms with E-state index in [0.29, 0.717) is 35.6 Å². The summed E-state index contributed by atoms with van der Waals surface area (Å²) in [6.07, 6.45) is 2.35. The van der Waals surface area contributed by atoms with Crippen molar-refractivity contribution in [2.75, 3.05) is 20.8 Å². The zero-order valence-corrected chi connectivity index (χ0v) is 19.4. The molecule has 2 aromatic rings. The van der Waals surface area contributed by atoms with Crippen molar-refractivity contribution in [2.24, 2.45) is 0 Å². The Morgan fingerprint density at radius 1 is 1.18 bits per heavy atom. The smallest absolute Gasteiger partial charge is 0.295 e. The maximum absolute atomic E-state index is 13.2. The molecular formula is C26H29NO6. The van der Waals surface area contributed by atoms with Crippen LogP contribution in [-0.2, 0) is 16.0 Å². The van der Waals surface area contributed by atoms with Crippen molar-refractivity contribution < 1.29 is 28.9 Å². The fraction of sp³-hybridized carbons (Fsp3) is 0.385. The first-order valence-corrected chi connectivity index (χ1v) is 11.2. The van der Waals surface area contributed by atoms with E-state index < -0.39 is 17.7 Å². The molecule has 7 heteroatoms. The van der Waals surface area contributed by atoms with Crippen LogP contribution in [0.2, 0.25) is 0 Å². The first-order valence-electron chi connectivity index (χ1n) is 11.2. The molecule has 1 amide bonds. The van der Waals surface area contributed by atoms with Gasteiger partial charge in [-0.05, 0) is 43.2 Å². The van der Waals surface area contributed by atoms with E-state index in [0.717, 1.165) is 24.2 Å². The van der Waals surface area contributed by atoms with Crippen LogP contribution in [0.1, 0.15) is 49.4 Å². The molecule has 2 aliphatic heterocycles. The third-order valence-electron chi connectivity index (χ3n) is 6.19. The fourth-order valence-electron chi connectivity index (χ4n) is 4.61. The number of Topliss-reactive ketones (excluding diaryl/α,β-unsaturated/α-hetero) is 1. The largest absolute Gasteiger partial charge is 0.507 e. The van der Waals surface area contributed by atoms with Crippen LogP contribution in [0.25, 0.3) is 5.76 Å². The first kappa shape index (κ1) is 22.7.